The van der Waals surface area contributed by atoms with E-state index in [0.717, 1.165) is 0 Å². The molecule has 0 aliphatic rings. The number of rotatable bonds is 3. The van der Waals surface area contributed by atoms with E-state index >= 15 is 0 Å². The number of halogens is 1. The number of nitrogens with zero attached hydrogens (tertiary/aromatic N) is 1. The first kappa shape index (κ1) is 9.19. The van der Waals surface area contributed by atoms with E-state index in [1.54, 1.807) is 0 Å². The molecule has 4 heteroatoms. The third-order valence-corrected chi connectivity index (χ3v) is 2.03. The highest BCUT2D eigenvalue weighted by Gasteiger charge is 2.02. The lowest BCUT2D eigenvalue weighted by atomic mass is 10.2. The summed E-state index contributed by atoms with van der Waals surface area (Å²) in [5, 5.41) is 2.73. The highest BCUT2D eigenvalue weighted by Crippen LogP contribution is 2.20. The molecule has 2 nitrogen and oxygen atoms in total. The highest BCUT2D eigenvalue weighted by atomic mass is 32.2. The summed E-state index contributed by atoms with van der Waals surface area (Å²) in [5.74, 6) is 0.284. The van der Waals surface area contributed by atoms with Crippen LogP contribution in [0.15, 0.2) is 23.4 Å². The number of hydrogen-bond donors (Lipinski definition) is 0. The van der Waals surface area contributed by atoms with E-state index in [4.69, 9.17) is 0 Å². The van der Waals surface area contributed by atoms with E-state index in [-0.39, 0.29) is 11.5 Å². The second kappa shape index (κ2) is 4.21. The molecule has 0 N–H and O–H groups in total. The van der Waals surface area contributed by atoms with Crippen molar-refractivity contribution in [2.45, 2.75) is 5.75 Å². The van der Waals surface area contributed by atoms with Gasteiger partial charge in [-0.2, -0.15) is 11.8 Å². The minimum Gasteiger partial charge on any atom is -0.207 e. The lowest BCUT2D eigenvalue weighted by Crippen LogP contribution is -1.85. The third kappa shape index (κ3) is 2.04. The maximum absolute atomic E-state index is 12.9. The van der Waals surface area contributed by atoms with Crippen LogP contribution in [0.5, 0.6) is 0 Å². The molecule has 1 aromatic carbocycles. The Labute approximate surface area is 74.1 Å². The summed E-state index contributed by atoms with van der Waals surface area (Å²) in [6, 6.07) is 4.10. The number of benzene rings is 1. The fourth-order valence-electron chi connectivity index (χ4n) is 0.884. The van der Waals surface area contributed by atoms with Gasteiger partial charge >= 0.3 is 0 Å². The molecule has 1 rings (SSSR count). The minimum absolute atomic E-state index is 0.278. The van der Waals surface area contributed by atoms with Gasteiger partial charge < -0.3 is 0 Å². The van der Waals surface area contributed by atoms with Crippen LogP contribution in [0.4, 0.5) is 10.1 Å². The molecular weight excluding hydrogens is 177 g/mol. The predicted molar refractivity (Wildman–Crippen MR) is 49.1 cm³/mol. The average molecular weight is 185 g/mol. The number of nitroso groups, excluding NO2 is 1. The van der Waals surface area contributed by atoms with Gasteiger partial charge in [-0.1, -0.05) is 0 Å². The van der Waals surface area contributed by atoms with Gasteiger partial charge in [-0.3, -0.25) is 0 Å². The van der Waals surface area contributed by atoms with E-state index in [9.17, 15) is 9.30 Å². The van der Waals surface area contributed by atoms with Crippen LogP contribution in [-0.2, 0) is 5.75 Å². The topological polar surface area (TPSA) is 29.4 Å². The van der Waals surface area contributed by atoms with E-state index in [2.05, 4.69) is 5.18 Å². The summed E-state index contributed by atoms with van der Waals surface area (Å²) < 4.78 is 12.9. The molecule has 1 aromatic rings. The van der Waals surface area contributed by atoms with E-state index in [0.29, 0.717) is 11.3 Å². The van der Waals surface area contributed by atoms with Gasteiger partial charge in [0.05, 0.1) is 0 Å². The van der Waals surface area contributed by atoms with Crippen LogP contribution < -0.4 is 0 Å². The Kier molecular flexibility index (Phi) is 3.22. The first-order valence-electron chi connectivity index (χ1n) is 3.38. The van der Waals surface area contributed by atoms with Crippen LogP contribution in [0, 0.1) is 10.7 Å². The van der Waals surface area contributed by atoms with Crippen LogP contribution in [0.2, 0.25) is 0 Å². The van der Waals surface area contributed by atoms with Crippen molar-refractivity contribution in [2.24, 2.45) is 5.18 Å². The van der Waals surface area contributed by atoms with Gasteiger partial charge in [0.2, 0.25) is 0 Å². The van der Waals surface area contributed by atoms with Crippen molar-refractivity contribution in [1.82, 2.24) is 0 Å². The van der Waals surface area contributed by atoms with Crippen molar-refractivity contribution < 1.29 is 4.39 Å². The van der Waals surface area contributed by atoms with Crippen molar-refractivity contribution in [3.05, 3.63) is 34.5 Å². The van der Waals surface area contributed by atoms with Crippen molar-refractivity contribution in [3.8, 4) is 0 Å². The Morgan fingerprint density at radius 3 is 2.92 bits per heavy atom. The number of thioether (sulfide) groups is 1. The van der Waals surface area contributed by atoms with Crippen LogP contribution in [0.1, 0.15) is 5.56 Å². The fourth-order valence-corrected chi connectivity index (χ4v) is 1.42. The molecule has 0 aliphatic heterocycles. The van der Waals surface area contributed by atoms with Crippen LogP contribution in [0.25, 0.3) is 0 Å². The zero-order chi connectivity index (χ0) is 8.97. The minimum atomic E-state index is -0.281. The molecule has 0 spiro atoms. The van der Waals surface area contributed by atoms with Gasteiger partial charge in [0.15, 0.2) is 0 Å². The predicted octanol–water partition coefficient (Wildman–Crippen LogP) is 3.09. The molecule has 0 amide bonds. The van der Waals surface area contributed by atoms with Crippen molar-refractivity contribution in [1.29, 1.82) is 0 Å². The normalized spacial score (nSPS) is 9.83. The molecule has 0 heterocycles. The first-order valence-corrected chi connectivity index (χ1v) is 4.78. The Morgan fingerprint density at radius 1 is 1.58 bits per heavy atom. The van der Waals surface area contributed by atoms with Gasteiger partial charge in [0.1, 0.15) is 11.5 Å². The van der Waals surface area contributed by atoms with Crippen LogP contribution in [-0.4, -0.2) is 6.26 Å². The van der Waals surface area contributed by atoms with Gasteiger partial charge in [0, 0.05) is 5.75 Å². The second-order valence-electron chi connectivity index (χ2n) is 2.30. The standard InChI is InChI=1S/C8H8FNOS/c1-12-5-6-4-7(10-11)2-3-8(6)9/h2-4H,5H2,1H3. The van der Waals surface area contributed by atoms with E-state index < -0.39 is 0 Å². The molecule has 0 saturated heterocycles. The van der Waals surface area contributed by atoms with Crippen molar-refractivity contribution in [3.63, 3.8) is 0 Å². The maximum atomic E-state index is 12.9. The van der Waals surface area contributed by atoms with Gasteiger partial charge in [-0.15, -0.1) is 4.91 Å². The zero-order valence-electron chi connectivity index (χ0n) is 6.58. The second-order valence-corrected chi connectivity index (χ2v) is 3.17. The molecule has 0 unspecified atom stereocenters. The highest BCUT2D eigenvalue weighted by molar-refractivity contribution is 7.97. The summed E-state index contributed by atoms with van der Waals surface area (Å²) in [6.07, 6.45) is 1.88. The van der Waals surface area contributed by atoms with E-state index in [1.807, 2.05) is 6.26 Å². The quantitative estimate of drug-likeness (QED) is 0.677. The van der Waals surface area contributed by atoms with Crippen LogP contribution >= 0.6 is 11.8 Å². The average Bonchev–Trinajstić information content (AvgIpc) is 2.09. The smallest absolute Gasteiger partial charge is 0.127 e. The Hall–Kier alpha value is -0.900. The van der Waals surface area contributed by atoms with Crippen LogP contribution in [0.3, 0.4) is 0 Å². The molecular formula is C8H8FNOS. The van der Waals surface area contributed by atoms with Gasteiger partial charge in [-0.05, 0) is 35.2 Å². The van der Waals surface area contributed by atoms with E-state index in [1.165, 1.54) is 30.0 Å². The molecule has 0 aliphatic carbocycles. The Bertz CT molecular complexity index is 290. The fraction of sp³-hybridized carbons (Fsp3) is 0.250. The molecule has 12 heavy (non-hydrogen) atoms. The van der Waals surface area contributed by atoms with Gasteiger partial charge in [0.25, 0.3) is 0 Å². The lowest BCUT2D eigenvalue weighted by Gasteiger charge is -1.99. The zero-order valence-corrected chi connectivity index (χ0v) is 7.40. The molecule has 0 radical (unpaired) electrons. The third-order valence-electron chi connectivity index (χ3n) is 1.43. The first-order chi connectivity index (χ1) is 5.77. The summed E-state index contributed by atoms with van der Waals surface area (Å²) >= 11 is 1.50. The monoisotopic (exact) mass is 185 g/mol. The molecule has 0 fully saturated rings. The largest absolute Gasteiger partial charge is 0.207 e. The summed E-state index contributed by atoms with van der Waals surface area (Å²) in [4.78, 5) is 10.1. The SMILES string of the molecule is CSCc1cc(N=O)ccc1F. The summed E-state index contributed by atoms with van der Waals surface area (Å²) in [6.45, 7) is 0. The molecule has 0 bridgehead atoms. The summed E-state index contributed by atoms with van der Waals surface area (Å²) in [5.41, 5.74) is 0.806. The number of hydrogen-bond acceptors (Lipinski definition) is 3. The van der Waals surface area contributed by atoms with Crippen molar-refractivity contribution >= 4 is 17.4 Å². The molecule has 0 saturated carbocycles. The van der Waals surface area contributed by atoms with Gasteiger partial charge in [-0.25, -0.2) is 4.39 Å². The molecule has 0 atom stereocenters. The Morgan fingerprint density at radius 2 is 2.33 bits per heavy atom. The Balaban J connectivity index is 2.99. The summed E-state index contributed by atoms with van der Waals surface area (Å²) in [7, 11) is 0. The molecule has 64 valence electrons. The lowest BCUT2D eigenvalue weighted by molar-refractivity contribution is 0.617. The maximum Gasteiger partial charge on any atom is 0.127 e. The molecule has 0 aromatic heterocycles. The van der Waals surface area contributed by atoms with Crippen molar-refractivity contribution in [2.75, 3.05) is 6.26 Å².